The van der Waals surface area contributed by atoms with E-state index in [0.29, 0.717) is 6.54 Å². The zero-order valence-corrected chi connectivity index (χ0v) is 10.6. The molecule has 3 rings (SSSR count). The second-order valence-electron chi connectivity index (χ2n) is 4.16. The molecule has 0 amide bonds. The maximum Gasteiger partial charge on any atom is 0.0894 e. The van der Waals surface area contributed by atoms with Gasteiger partial charge in [0.2, 0.25) is 0 Å². The largest absolute Gasteiger partial charge is 0.378 e. The molecule has 0 unspecified atom stereocenters. The molecule has 0 aliphatic heterocycles. The van der Waals surface area contributed by atoms with Crippen molar-refractivity contribution in [2.75, 3.05) is 5.32 Å². The Kier molecular flexibility index (Phi) is 2.97. The number of aromatic nitrogens is 5. The van der Waals surface area contributed by atoms with E-state index in [0.717, 1.165) is 17.1 Å². The molecule has 0 aliphatic carbocycles. The van der Waals surface area contributed by atoms with Crippen molar-refractivity contribution in [1.82, 2.24) is 24.8 Å². The zero-order chi connectivity index (χ0) is 13.1. The Labute approximate surface area is 110 Å². The van der Waals surface area contributed by atoms with Gasteiger partial charge < -0.3 is 5.32 Å². The Morgan fingerprint density at radius 3 is 2.79 bits per heavy atom. The second-order valence-corrected chi connectivity index (χ2v) is 4.16. The van der Waals surface area contributed by atoms with Crippen LogP contribution in [0.5, 0.6) is 0 Å². The first-order valence-corrected chi connectivity index (χ1v) is 6.01. The molecule has 0 fully saturated rings. The number of para-hydroxylation sites is 2. The van der Waals surface area contributed by atoms with Crippen molar-refractivity contribution in [2.24, 2.45) is 7.05 Å². The average molecular weight is 254 g/mol. The van der Waals surface area contributed by atoms with E-state index in [4.69, 9.17) is 0 Å². The number of hydrogen-bond acceptors (Lipinski definition) is 4. The highest BCUT2D eigenvalue weighted by Gasteiger charge is 2.05. The number of anilines is 1. The van der Waals surface area contributed by atoms with Crippen molar-refractivity contribution in [2.45, 2.75) is 6.54 Å². The lowest BCUT2D eigenvalue weighted by molar-refractivity contribution is 0.720. The lowest BCUT2D eigenvalue weighted by Crippen LogP contribution is -2.08. The summed E-state index contributed by atoms with van der Waals surface area (Å²) in [7, 11) is 1.93. The molecule has 1 N–H and O–H groups in total. The minimum absolute atomic E-state index is 0.711. The van der Waals surface area contributed by atoms with E-state index in [-0.39, 0.29) is 0 Å². The third-order valence-electron chi connectivity index (χ3n) is 2.96. The van der Waals surface area contributed by atoms with E-state index in [1.54, 1.807) is 17.1 Å². The Morgan fingerprint density at radius 1 is 1.16 bits per heavy atom. The first-order chi connectivity index (χ1) is 9.34. The number of aryl methyl sites for hydroxylation is 1. The third-order valence-corrected chi connectivity index (χ3v) is 2.96. The molecule has 2 heterocycles. The summed E-state index contributed by atoms with van der Waals surface area (Å²) in [6, 6.07) is 9.98. The number of hydrogen-bond donors (Lipinski definition) is 1. The molecule has 96 valence electrons. The maximum absolute atomic E-state index is 4.15. The smallest absolute Gasteiger partial charge is 0.0894 e. The second kappa shape index (κ2) is 4.93. The van der Waals surface area contributed by atoms with E-state index in [2.05, 4.69) is 20.7 Å². The molecule has 0 atom stereocenters. The van der Waals surface area contributed by atoms with Crippen LogP contribution in [0.15, 0.2) is 48.9 Å². The number of rotatable bonds is 4. The Balaban J connectivity index is 1.84. The van der Waals surface area contributed by atoms with Crippen LogP contribution in [0.4, 0.5) is 5.69 Å². The van der Waals surface area contributed by atoms with Crippen LogP contribution in [0, 0.1) is 0 Å². The average Bonchev–Trinajstić information content (AvgIpc) is 3.08. The SMILES string of the molecule is Cn1nccc1CNc1ccccc1-n1ccnn1. The topological polar surface area (TPSA) is 60.6 Å². The van der Waals surface area contributed by atoms with Crippen LogP contribution < -0.4 is 5.32 Å². The van der Waals surface area contributed by atoms with Crippen LogP contribution in [0.3, 0.4) is 0 Å². The van der Waals surface area contributed by atoms with Crippen LogP contribution in [0.1, 0.15) is 5.69 Å². The Hall–Kier alpha value is -2.63. The van der Waals surface area contributed by atoms with Crippen LogP contribution in [0.2, 0.25) is 0 Å². The molecule has 0 saturated carbocycles. The molecule has 19 heavy (non-hydrogen) atoms. The van der Waals surface area contributed by atoms with Crippen molar-refractivity contribution < 1.29 is 0 Å². The highest BCUT2D eigenvalue weighted by Crippen LogP contribution is 2.19. The normalized spacial score (nSPS) is 10.6. The Morgan fingerprint density at radius 2 is 2.05 bits per heavy atom. The molecular weight excluding hydrogens is 240 g/mol. The van der Waals surface area contributed by atoms with Crippen molar-refractivity contribution in [3.05, 3.63) is 54.6 Å². The monoisotopic (exact) mass is 254 g/mol. The van der Waals surface area contributed by atoms with E-state index < -0.39 is 0 Å². The van der Waals surface area contributed by atoms with Gasteiger partial charge >= 0.3 is 0 Å². The van der Waals surface area contributed by atoms with E-state index in [1.165, 1.54) is 0 Å². The minimum atomic E-state index is 0.711. The fourth-order valence-corrected chi connectivity index (χ4v) is 1.92. The molecule has 0 radical (unpaired) electrons. The summed E-state index contributed by atoms with van der Waals surface area (Å²) < 4.78 is 3.59. The molecule has 2 aromatic heterocycles. The molecule has 0 spiro atoms. The van der Waals surface area contributed by atoms with Crippen molar-refractivity contribution in [3.63, 3.8) is 0 Å². The summed E-state index contributed by atoms with van der Waals surface area (Å²) in [5.41, 5.74) is 3.10. The summed E-state index contributed by atoms with van der Waals surface area (Å²) in [6.45, 7) is 0.711. The quantitative estimate of drug-likeness (QED) is 0.768. The lowest BCUT2D eigenvalue weighted by atomic mass is 10.2. The highest BCUT2D eigenvalue weighted by molar-refractivity contribution is 5.60. The van der Waals surface area contributed by atoms with Gasteiger partial charge in [0.15, 0.2) is 0 Å². The molecule has 1 aromatic carbocycles. The van der Waals surface area contributed by atoms with Gasteiger partial charge in [-0.25, -0.2) is 4.68 Å². The number of nitrogens with one attached hydrogen (secondary N) is 1. The standard InChI is InChI=1S/C13H14N6/c1-18-11(6-7-16-18)10-14-12-4-2-3-5-13(12)19-9-8-15-17-19/h2-9,14H,10H2,1H3. The van der Waals surface area contributed by atoms with Crippen molar-refractivity contribution in [1.29, 1.82) is 0 Å². The Bertz CT molecular complexity index is 655. The summed E-state index contributed by atoms with van der Waals surface area (Å²) in [5.74, 6) is 0. The number of nitrogens with zero attached hydrogens (tertiary/aromatic N) is 5. The van der Waals surface area contributed by atoms with E-state index in [1.807, 2.05) is 48.3 Å². The first kappa shape index (κ1) is 11.5. The van der Waals surface area contributed by atoms with E-state index >= 15 is 0 Å². The summed E-state index contributed by atoms with van der Waals surface area (Å²) >= 11 is 0. The minimum Gasteiger partial charge on any atom is -0.378 e. The fourth-order valence-electron chi connectivity index (χ4n) is 1.92. The molecule has 0 saturated heterocycles. The van der Waals surface area contributed by atoms with Gasteiger partial charge in [-0.15, -0.1) is 5.10 Å². The van der Waals surface area contributed by atoms with Gasteiger partial charge in [0.25, 0.3) is 0 Å². The highest BCUT2D eigenvalue weighted by atomic mass is 15.4. The van der Waals surface area contributed by atoms with Gasteiger partial charge in [-0.05, 0) is 18.2 Å². The summed E-state index contributed by atoms with van der Waals surface area (Å²) in [4.78, 5) is 0. The van der Waals surface area contributed by atoms with Crippen LogP contribution in [-0.4, -0.2) is 24.8 Å². The maximum atomic E-state index is 4.15. The predicted molar refractivity (Wildman–Crippen MR) is 71.9 cm³/mol. The third kappa shape index (κ3) is 2.33. The molecular formula is C13H14N6. The lowest BCUT2D eigenvalue weighted by Gasteiger charge is -2.11. The molecule has 6 nitrogen and oxygen atoms in total. The van der Waals surface area contributed by atoms with Gasteiger partial charge in [-0.3, -0.25) is 4.68 Å². The number of benzene rings is 1. The van der Waals surface area contributed by atoms with Gasteiger partial charge in [-0.1, -0.05) is 17.3 Å². The summed E-state index contributed by atoms with van der Waals surface area (Å²) in [5, 5.41) is 15.4. The zero-order valence-electron chi connectivity index (χ0n) is 10.6. The van der Waals surface area contributed by atoms with Crippen molar-refractivity contribution >= 4 is 5.69 Å². The van der Waals surface area contributed by atoms with Gasteiger partial charge in [0, 0.05) is 13.2 Å². The van der Waals surface area contributed by atoms with Gasteiger partial charge in [0.1, 0.15) is 0 Å². The fraction of sp³-hybridized carbons (Fsp3) is 0.154. The molecule has 0 aliphatic rings. The molecule has 3 aromatic rings. The van der Waals surface area contributed by atoms with Gasteiger partial charge in [0.05, 0.1) is 36.0 Å². The molecule has 0 bridgehead atoms. The molecule has 6 heteroatoms. The summed E-state index contributed by atoms with van der Waals surface area (Å²) in [6.07, 6.45) is 5.28. The van der Waals surface area contributed by atoms with Crippen LogP contribution >= 0.6 is 0 Å². The van der Waals surface area contributed by atoms with Crippen LogP contribution in [-0.2, 0) is 13.6 Å². The van der Waals surface area contributed by atoms with Crippen molar-refractivity contribution in [3.8, 4) is 5.69 Å². The van der Waals surface area contributed by atoms with Crippen LogP contribution in [0.25, 0.3) is 5.69 Å². The van der Waals surface area contributed by atoms with E-state index in [9.17, 15) is 0 Å². The predicted octanol–water partition coefficient (Wildman–Crippen LogP) is 1.61. The van der Waals surface area contributed by atoms with Gasteiger partial charge in [-0.2, -0.15) is 5.10 Å². The first-order valence-electron chi connectivity index (χ1n) is 6.01.